The molecule has 0 fully saturated rings. The fraction of sp³-hybridized carbons (Fsp3) is 0.400. The monoisotopic (exact) mass is 185 g/mol. The molecule has 0 aliphatic heterocycles. The number of nitrogens with zero attached hydrogens (tertiary/aromatic N) is 1. The van der Waals surface area contributed by atoms with Crippen LogP contribution in [0.2, 0.25) is 0 Å². The second-order valence-electron chi connectivity index (χ2n) is 3.24. The van der Waals surface area contributed by atoms with Gasteiger partial charge in [-0.3, -0.25) is 0 Å². The maximum absolute atomic E-state index is 2.19. The molecule has 0 aliphatic rings. The van der Waals surface area contributed by atoms with E-state index in [4.69, 9.17) is 0 Å². The summed E-state index contributed by atoms with van der Waals surface area (Å²) in [7, 11) is 4.13. The Balaban J connectivity index is 0.00000121. The van der Waals surface area contributed by atoms with Crippen LogP contribution in [0.5, 0.6) is 0 Å². The lowest BCUT2D eigenvalue weighted by Gasteiger charge is -2.13. The number of hydrogen-bond donors (Lipinski definition) is 0. The van der Waals surface area contributed by atoms with E-state index in [1.807, 2.05) is 0 Å². The first-order valence-electron chi connectivity index (χ1n) is 3.85. The molecule has 2 heteroatoms. The van der Waals surface area contributed by atoms with Gasteiger partial charge in [-0.2, -0.15) is 0 Å². The van der Waals surface area contributed by atoms with Gasteiger partial charge in [0.15, 0.2) is 0 Å². The third-order valence-electron chi connectivity index (χ3n) is 1.72. The Morgan fingerprint density at radius 1 is 0.917 bits per heavy atom. The van der Waals surface area contributed by atoms with Crippen molar-refractivity contribution in [3.8, 4) is 0 Å². The highest BCUT2D eigenvalue weighted by atomic mass is 35.5. The summed E-state index contributed by atoms with van der Waals surface area (Å²) in [6.45, 7) is 4.25. The molecule has 0 saturated carbocycles. The van der Waals surface area contributed by atoms with Gasteiger partial charge >= 0.3 is 0 Å². The minimum atomic E-state index is 0. The molecule has 0 spiro atoms. The summed E-state index contributed by atoms with van der Waals surface area (Å²) in [6, 6.07) is 6.56. The maximum Gasteiger partial charge on any atom is 0.0366 e. The molecule has 68 valence electrons. The number of anilines is 1. The summed E-state index contributed by atoms with van der Waals surface area (Å²) in [4.78, 5) is 2.12. The summed E-state index contributed by atoms with van der Waals surface area (Å²) in [5, 5.41) is 0. The standard InChI is InChI=1S/C10H15N.ClH/c1-8-5-9(2)7-10(6-8)11(3)4;/h5-7H,1-4H3;1H. The zero-order chi connectivity index (χ0) is 8.43. The van der Waals surface area contributed by atoms with Crippen LogP contribution in [0, 0.1) is 13.8 Å². The van der Waals surface area contributed by atoms with Gasteiger partial charge in [0.2, 0.25) is 0 Å². The lowest BCUT2D eigenvalue weighted by atomic mass is 10.1. The van der Waals surface area contributed by atoms with E-state index in [9.17, 15) is 0 Å². The number of halogens is 1. The van der Waals surface area contributed by atoms with Crippen LogP contribution in [0.1, 0.15) is 11.1 Å². The Kier molecular flexibility index (Phi) is 4.11. The lowest BCUT2D eigenvalue weighted by Crippen LogP contribution is -2.08. The van der Waals surface area contributed by atoms with E-state index < -0.39 is 0 Å². The van der Waals surface area contributed by atoms with Crippen LogP contribution in [0.3, 0.4) is 0 Å². The highest BCUT2D eigenvalue weighted by Gasteiger charge is 1.95. The quantitative estimate of drug-likeness (QED) is 0.651. The van der Waals surface area contributed by atoms with Crippen LogP contribution in [-0.4, -0.2) is 14.1 Å². The van der Waals surface area contributed by atoms with Crippen LogP contribution in [-0.2, 0) is 0 Å². The van der Waals surface area contributed by atoms with Gasteiger partial charge in [0.05, 0.1) is 0 Å². The van der Waals surface area contributed by atoms with Crippen LogP contribution >= 0.6 is 12.4 Å². The normalized spacial score (nSPS) is 9.00. The van der Waals surface area contributed by atoms with E-state index in [1.165, 1.54) is 16.8 Å². The number of benzene rings is 1. The third-order valence-corrected chi connectivity index (χ3v) is 1.72. The van der Waals surface area contributed by atoms with Crippen LogP contribution in [0.4, 0.5) is 5.69 Å². The van der Waals surface area contributed by atoms with Gasteiger partial charge in [-0.25, -0.2) is 0 Å². The van der Waals surface area contributed by atoms with Crippen molar-refractivity contribution in [3.05, 3.63) is 29.3 Å². The van der Waals surface area contributed by atoms with Crippen molar-refractivity contribution in [2.75, 3.05) is 19.0 Å². The molecule has 1 aromatic rings. The van der Waals surface area contributed by atoms with Gasteiger partial charge in [-0.1, -0.05) is 6.07 Å². The predicted octanol–water partition coefficient (Wildman–Crippen LogP) is 2.79. The summed E-state index contributed by atoms with van der Waals surface area (Å²) in [5.41, 5.74) is 3.94. The second kappa shape index (κ2) is 4.36. The lowest BCUT2D eigenvalue weighted by molar-refractivity contribution is 1.12. The molecule has 0 amide bonds. The molecule has 0 bridgehead atoms. The maximum atomic E-state index is 2.19. The molecule has 0 unspecified atom stereocenters. The molecule has 0 radical (unpaired) electrons. The summed E-state index contributed by atoms with van der Waals surface area (Å²) < 4.78 is 0. The highest BCUT2D eigenvalue weighted by molar-refractivity contribution is 5.85. The van der Waals surface area contributed by atoms with Gasteiger partial charge in [0.1, 0.15) is 0 Å². The molecule has 1 aromatic carbocycles. The topological polar surface area (TPSA) is 3.24 Å². The predicted molar refractivity (Wildman–Crippen MR) is 57.5 cm³/mol. The summed E-state index contributed by atoms with van der Waals surface area (Å²) in [5.74, 6) is 0. The molecule has 0 N–H and O–H groups in total. The Labute approximate surface area is 80.8 Å². The molecule has 1 nitrogen and oxygen atoms in total. The average Bonchev–Trinajstić information content (AvgIpc) is 1.85. The average molecular weight is 186 g/mol. The van der Waals surface area contributed by atoms with Crippen molar-refractivity contribution < 1.29 is 0 Å². The molecular weight excluding hydrogens is 170 g/mol. The third kappa shape index (κ3) is 2.74. The zero-order valence-corrected chi connectivity index (χ0v) is 8.90. The van der Waals surface area contributed by atoms with E-state index in [2.05, 4.69) is 51.0 Å². The Morgan fingerprint density at radius 3 is 1.67 bits per heavy atom. The van der Waals surface area contributed by atoms with Gasteiger partial charge < -0.3 is 4.90 Å². The van der Waals surface area contributed by atoms with Crippen molar-refractivity contribution in [1.29, 1.82) is 0 Å². The fourth-order valence-corrected chi connectivity index (χ4v) is 1.21. The van der Waals surface area contributed by atoms with Gasteiger partial charge in [-0.05, 0) is 37.1 Å². The molecule has 0 aromatic heterocycles. The first-order chi connectivity index (χ1) is 5.09. The molecule has 0 atom stereocenters. The largest absolute Gasteiger partial charge is 0.378 e. The molecule has 12 heavy (non-hydrogen) atoms. The Morgan fingerprint density at radius 2 is 1.33 bits per heavy atom. The van der Waals surface area contributed by atoms with Crippen molar-refractivity contribution >= 4 is 18.1 Å². The number of aryl methyl sites for hydroxylation is 2. The molecule has 1 rings (SSSR count). The first kappa shape index (κ1) is 11.3. The zero-order valence-electron chi connectivity index (χ0n) is 8.09. The minimum absolute atomic E-state index is 0. The van der Waals surface area contributed by atoms with Crippen LogP contribution in [0.15, 0.2) is 18.2 Å². The van der Waals surface area contributed by atoms with Crippen molar-refractivity contribution in [2.45, 2.75) is 13.8 Å². The first-order valence-corrected chi connectivity index (χ1v) is 3.85. The van der Waals surface area contributed by atoms with Crippen molar-refractivity contribution in [2.24, 2.45) is 0 Å². The van der Waals surface area contributed by atoms with Crippen LogP contribution in [0.25, 0.3) is 0 Å². The van der Waals surface area contributed by atoms with Crippen molar-refractivity contribution in [1.82, 2.24) is 0 Å². The Hall–Kier alpha value is -0.690. The van der Waals surface area contributed by atoms with Crippen LogP contribution < -0.4 is 4.90 Å². The summed E-state index contributed by atoms with van der Waals surface area (Å²) >= 11 is 0. The number of rotatable bonds is 1. The number of hydrogen-bond acceptors (Lipinski definition) is 1. The van der Waals surface area contributed by atoms with Gasteiger partial charge in [0, 0.05) is 19.8 Å². The van der Waals surface area contributed by atoms with E-state index >= 15 is 0 Å². The van der Waals surface area contributed by atoms with E-state index in [0.717, 1.165) is 0 Å². The molecule has 0 heterocycles. The molecular formula is C10H16ClN. The Bertz CT molecular complexity index is 236. The smallest absolute Gasteiger partial charge is 0.0366 e. The van der Waals surface area contributed by atoms with E-state index in [1.54, 1.807) is 0 Å². The van der Waals surface area contributed by atoms with Crippen molar-refractivity contribution in [3.63, 3.8) is 0 Å². The second-order valence-corrected chi connectivity index (χ2v) is 3.24. The SMILES string of the molecule is Cc1cc(C)cc(N(C)C)c1.Cl. The van der Waals surface area contributed by atoms with E-state index in [0.29, 0.717) is 0 Å². The van der Waals surface area contributed by atoms with E-state index in [-0.39, 0.29) is 12.4 Å². The molecule has 0 saturated heterocycles. The fourth-order valence-electron chi connectivity index (χ4n) is 1.21. The summed E-state index contributed by atoms with van der Waals surface area (Å²) in [6.07, 6.45) is 0. The van der Waals surface area contributed by atoms with Gasteiger partial charge in [-0.15, -0.1) is 12.4 Å². The minimum Gasteiger partial charge on any atom is -0.378 e. The molecule has 0 aliphatic carbocycles. The van der Waals surface area contributed by atoms with Gasteiger partial charge in [0.25, 0.3) is 0 Å². The highest BCUT2D eigenvalue weighted by Crippen LogP contribution is 2.15.